The molecule has 0 saturated carbocycles. The lowest BCUT2D eigenvalue weighted by atomic mass is 10.0. The third-order valence-corrected chi connectivity index (χ3v) is 4.76. The average Bonchev–Trinajstić information content (AvgIpc) is 2.64. The molecule has 1 aromatic carbocycles. The first-order valence-corrected chi connectivity index (χ1v) is 9.74. The standard InChI is InChI=1S/C21H29N3O3/c1-5-26-16-8-7-15(19(11-16)27-6-2)12-24-10-9-17-18(13-24)22-20(14(3)4)23-21(17)25/h7-8,11,14H,5-6,9-10,12-13H2,1-4H3,(H,22,23,25). The summed E-state index contributed by atoms with van der Waals surface area (Å²) in [6.45, 7) is 11.5. The second-order valence-electron chi connectivity index (χ2n) is 7.13. The fraction of sp³-hybridized carbons (Fsp3) is 0.524. The highest BCUT2D eigenvalue weighted by Crippen LogP contribution is 2.28. The van der Waals surface area contributed by atoms with Crippen LogP contribution in [0.15, 0.2) is 23.0 Å². The molecule has 1 aromatic heterocycles. The van der Waals surface area contributed by atoms with E-state index in [-0.39, 0.29) is 11.5 Å². The van der Waals surface area contributed by atoms with E-state index in [1.54, 1.807) is 0 Å². The van der Waals surface area contributed by atoms with Gasteiger partial charge in [-0.15, -0.1) is 0 Å². The molecule has 2 heterocycles. The van der Waals surface area contributed by atoms with Crippen molar-refractivity contribution in [2.75, 3.05) is 19.8 Å². The summed E-state index contributed by atoms with van der Waals surface area (Å²) in [5, 5.41) is 0. The van der Waals surface area contributed by atoms with Crippen LogP contribution in [-0.4, -0.2) is 34.6 Å². The maximum atomic E-state index is 12.3. The van der Waals surface area contributed by atoms with Gasteiger partial charge in [-0.2, -0.15) is 0 Å². The molecule has 146 valence electrons. The fourth-order valence-corrected chi connectivity index (χ4v) is 3.37. The van der Waals surface area contributed by atoms with Crippen molar-refractivity contribution in [3.8, 4) is 11.5 Å². The van der Waals surface area contributed by atoms with Crippen LogP contribution in [0.2, 0.25) is 0 Å². The van der Waals surface area contributed by atoms with Crippen molar-refractivity contribution >= 4 is 0 Å². The van der Waals surface area contributed by atoms with E-state index in [1.807, 2.05) is 39.8 Å². The molecule has 0 unspecified atom stereocenters. The normalized spacial score (nSPS) is 14.3. The fourth-order valence-electron chi connectivity index (χ4n) is 3.37. The molecule has 6 heteroatoms. The lowest BCUT2D eigenvalue weighted by molar-refractivity contribution is 0.233. The third-order valence-electron chi connectivity index (χ3n) is 4.76. The van der Waals surface area contributed by atoms with E-state index in [0.29, 0.717) is 19.8 Å². The Kier molecular flexibility index (Phi) is 6.16. The minimum Gasteiger partial charge on any atom is -0.494 e. The molecule has 0 atom stereocenters. The molecule has 1 aliphatic heterocycles. The molecule has 1 N–H and O–H groups in total. The number of hydrogen-bond acceptors (Lipinski definition) is 5. The summed E-state index contributed by atoms with van der Waals surface area (Å²) in [7, 11) is 0. The zero-order valence-corrected chi connectivity index (χ0v) is 16.7. The third kappa shape index (κ3) is 4.50. The summed E-state index contributed by atoms with van der Waals surface area (Å²) >= 11 is 0. The van der Waals surface area contributed by atoms with Crippen LogP contribution in [0.5, 0.6) is 11.5 Å². The van der Waals surface area contributed by atoms with E-state index >= 15 is 0 Å². The first kappa shape index (κ1) is 19.4. The highest BCUT2D eigenvalue weighted by Gasteiger charge is 2.22. The van der Waals surface area contributed by atoms with Gasteiger partial charge < -0.3 is 14.5 Å². The zero-order chi connectivity index (χ0) is 19.4. The summed E-state index contributed by atoms with van der Waals surface area (Å²) in [6.07, 6.45) is 0.719. The van der Waals surface area contributed by atoms with E-state index in [0.717, 1.165) is 53.7 Å². The molecule has 2 aromatic rings. The van der Waals surface area contributed by atoms with Gasteiger partial charge in [-0.3, -0.25) is 9.69 Å². The summed E-state index contributed by atoms with van der Waals surface area (Å²) < 4.78 is 11.4. The number of ether oxygens (including phenoxy) is 2. The van der Waals surface area contributed by atoms with Gasteiger partial charge in [0.1, 0.15) is 17.3 Å². The van der Waals surface area contributed by atoms with Gasteiger partial charge in [-0.05, 0) is 26.3 Å². The van der Waals surface area contributed by atoms with Gasteiger partial charge in [0.15, 0.2) is 0 Å². The number of nitrogens with one attached hydrogen (secondary N) is 1. The second kappa shape index (κ2) is 8.57. The Hall–Kier alpha value is -2.34. The van der Waals surface area contributed by atoms with E-state index < -0.39 is 0 Å². The monoisotopic (exact) mass is 371 g/mol. The van der Waals surface area contributed by atoms with Gasteiger partial charge in [-0.25, -0.2) is 4.98 Å². The van der Waals surface area contributed by atoms with Crippen LogP contribution in [0.4, 0.5) is 0 Å². The van der Waals surface area contributed by atoms with Crippen LogP contribution >= 0.6 is 0 Å². The van der Waals surface area contributed by atoms with Gasteiger partial charge in [0.2, 0.25) is 0 Å². The number of hydrogen-bond donors (Lipinski definition) is 1. The Labute approximate surface area is 160 Å². The smallest absolute Gasteiger partial charge is 0.254 e. The van der Waals surface area contributed by atoms with Crippen molar-refractivity contribution in [2.24, 2.45) is 0 Å². The van der Waals surface area contributed by atoms with Gasteiger partial charge in [-0.1, -0.05) is 19.9 Å². The van der Waals surface area contributed by atoms with Crippen LogP contribution < -0.4 is 15.0 Å². The van der Waals surface area contributed by atoms with E-state index in [4.69, 9.17) is 14.5 Å². The van der Waals surface area contributed by atoms with Crippen molar-refractivity contribution in [3.05, 3.63) is 51.2 Å². The Morgan fingerprint density at radius 3 is 2.70 bits per heavy atom. The molecule has 3 rings (SSSR count). The van der Waals surface area contributed by atoms with Gasteiger partial charge in [0.25, 0.3) is 5.56 Å². The average molecular weight is 371 g/mol. The minimum absolute atomic E-state index is 0.0134. The molecule has 0 saturated heterocycles. The van der Waals surface area contributed by atoms with Crippen molar-refractivity contribution in [2.45, 2.75) is 53.1 Å². The Morgan fingerprint density at radius 1 is 1.22 bits per heavy atom. The largest absolute Gasteiger partial charge is 0.494 e. The van der Waals surface area contributed by atoms with Crippen LogP contribution in [0.1, 0.15) is 56.3 Å². The van der Waals surface area contributed by atoms with E-state index in [9.17, 15) is 4.79 Å². The predicted molar refractivity (Wildman–Crippen MR) is 106 cm³/mol. The molecule has 0 fully saturated rings. The Bertz CT molecular complexity index is 845. The van der Waals surface area contributed by atoms with Crippen molar-refractivity contribution in [1.29, 1.82) is 0 Å². The molecule has 27 heavy (non-hydrogen) atoms. The van der Waals surface area contributed by atoms with Gasteiger partial charge >= 0.3 is 0 Å². The molecule has 0 spiro atoms. The molecular formula is C21H29N3O3. The SMILES string of the molecule is CCOc1ccc(CN2CCc3c(nc(C(C)C)[nH]c3=O)C2)c(OCC)c1. The lowest BCUT2D eigenvalue weighted by Gasteiger charge is -2.28. The number of benzene rings is 1. The highest BCUT2D eigenvalue weighted by atomic mass is 16.5. The number of nitrogens with zero attached hydrogens (tertiary/aromatic N) is 2. The van der Waals surface area contributed by atoms with Gasteiger partial charge in [0, 0.05) is 42.7 Å². The predicted octanol–water partition coefficient (Wildman–Crippen LogP) is 3.25. The van der Waals surface area contributed by atoms with Gasteiger partial charge in [0.05, 0.1) is 18.9 Å². The lowest BCUT2D eigenvalue weighted by Crippen LogP contribution is -2.35. The highest BCUT2D eigenvalue weighted by molar-refractivity contribution is 5.41. The number of fused-ring (bicyclic) bond motifs is 1. The van der Waals surface area contributed by atoms with Crippen LogP contribution in [0.25, 0.3) is 0 Å². The van der Waals surface area contributed by atoms with Crippen LogP contribution in [0.3, 0.4) is 0 Å². The molecule has 0 radical (unpaired) electrons. The Morgan fingerprint density at radius 2 is 2.00 bits per heavy atom. The maximum absolute atomic E-state index is 12.3. The van der Waals surface area contributed by atoms with E-state index in [2.05, 4.69) is 16.0 Å². The topological polar surface area (TPSA) is 67.5 Å². The number of aromatic amines is 1. The van der Waals surface area contributed by atoms with Crippen molar-refractivity contribution < 1.29 is 9.47 Å². The van der Waals surface area contributed by atoms with Crippen LogP contribution in [0, 0.1) is 0 Å². The molecule has 6 nitrogen and oxygen atoms in total. The molecule has 1 aliphatic rings. The van der Waals surface area contributed by atoms with Crippen molar-refractivity contribution in [3.63, 3.8) is 0 Å². The summed E-state index contributed by atoms with van der Waals surface area (Å²) in [4.78, 5) is 22.3. The van der Waals surface area contributed by atoms with Crippen molar-refractivity contribution in [1.82, 2.24) is 14.9 Å². The maximum Gasteiger partial charge on any atom is 0.254 e. The molecule has 0 aliphatic carbocycles. The molecular weight excluding hydrogens is 342 g/mol. The van der Waals surface area contributed by atoms with Crippen LogP contribution in [-0.2, 0) is 19.5 Å². The first-order chi connectivity index (χ1) is 13.0. The zero-order valence-electron chi connectivity index (χ0n) is 16.7. The molecule has 0 bridgehead atoms. The number of H-pyrrole nitrogens is 1. The quantitative estimate of drug-likeness (QED) is 0.809. The number of aromatic nitrogens is 2. The number of rotatable bonds is 7. The first-order valence-electron chi connectivity index (χ1n) is 9.74. The Balaban J connectivity index is 1.81. The van der Waals surface area contributed by atoms with E-state index in [1.165, 1.54) is 0 Å². The summed E-state index contributed by atoms with van der Waals surface area (Å²) in [5.41, 5.74) is 2.86. The summed E-state index contributed by atoms with van der Waals surface area (Å²) in [6, 6.07) is 6.01. The minimum atomic E-state index is 0.0134. The molecule has 0 amide bonds. The summed E-state index contributed by atoms with van der Waals surface area (Å²) in [5.74, 6) is 2.64. The second-order valence-corrected chi connectivity index (χ2v) is 7.13.